The Morgan fingerprint density at radius 3 is 2.56 bits per heavy atom. The van der Waals surface area contributed by atoms with Gasteiger partial charge in [0.25, 0.3) is 0 Å². The van der Waals surface area contributed by atoms with E-state index in [4.69, 9.17) is 4.74 Å². The number of hydrogen-bond acceptors (Lipinski definition) is 5. The van der Waals surface area contributed by atoms with Crippen molar-refractivity contribution in [3.05, 3.63) is 23.8 Å². The maximum absolute atomic E-state index is 13.1. The Balaban J connectivity index is 0.00000261. The lowest BCUT2D eigenvalue weighted by atomic mass is 10.2. The molecule has 0 aromatic heterocycles. The second kappa shape index (κ2) is 9.84. The van der Waals surface area contributed by atoms with Crippen molar-refractivity contribution in [2.75, 3.05) is 38.2 Å². The number of nitrogens with zero attached hydrogens (tertiary/aromatic N) is 1. The average Bonchev–Trinajstić information content (AvgIpc) is 2.94. The number of rotatable bonds is 4. The molecule has 0 saturated carbocycles. The number of aryl methyl sites for hydroxylation is 1. The first-order valence-corrected chi connectivity index (χ1v) is 10.7. The predicted octanol–water partition coefficient (Wildman–Crippen LogP) is 1.91. The zero-order chi connectivity index (χ0) is 18.6. The first-order chi connectivity index (χ1) is 12.5. The molecule has 1 amide bonds. The van der Waals surface area contributed by atoms with E-state index >= 15 is 0 Å². The molecule has 2 heterocycles. The topological polar surface area (TPSA) is 87.7 Å². The molecule has 7 nitrogen and oxygen atoms in total. The Morgan fingerprint density at radius 1 is 1.22 bits per heavy atom. The molecule has 2 fully saturated rings. The van der Waals surface area contributed by atoms with Crippen LogP contribution in [0.3, 0.4) is 0 Å². The third-order valence-electron chi connectivity index (χ3n) is 4.88. The summed E-state index contributed by atoms with van der Waals surface area (Å²) in [6, 6.07) is 4.62. The molecule has 0 bridgehead atoms. The Labute approximate surface area is 167 Å². The van der Waals surface area contributed by atoms with Gasteiger partial charge in [0.1, 0.15) is 6.04 Å². The highest BCUT2D eigenvalue weighted by molar-refractivity contribution is 7.89. The van der Waals surface area contributed by atoms with Gasteiger partial charge in [-0.25, -0.2) is 8.42 Å². The van der Waals surface area contributed by atoms with Crippen molar-refractivity contribution in [2.45, 2.75) is 43.5 Å². The van der Waals surface area contributed by atoms with Gasteiger partial charge in [-0.2, -0.15) is 4.31 Å². The van der Waals surface area contributed by atoms with E-state index in [0.29, 0.717) is 44.1 Å². The SMILES string of the molecule is Cc1ccc(NC(=O)C2COCCN2)cc1S(=O)(=O)N1CCCCCC1.Cl. The fourth-order valence-electron chi connectivity index (χ4n) is 3.34. The zero-order valence-electron chi connectivity index (χ0n) is 15.6. The fourth-order valence-corrected chi connectivity index (χ4v) is 5.11. The number of morpholine rings is 1. The van der Waals surface area contributed by atoms with Crippen LogP contribution in [0.1, 0.15) is 31.2 Å². The summed E-state index contributed by atoms with van der Waals surface area (Å²) in [5.41, 5.74) is 1.17. The van der Waals surface area contributed by atoms with Crippen molar-refractivity contribution in [1.82, 2.24) is 9.62 Å². The van der Waals surface area contributed by atoms with E-state index in [-0.39, 0.29) is 23.2 Å². The Bertz CT molecular complexity index is 743. The predicted molar refractivity (Wildman–Crippen MR) is 107 cm³/mol. The molecule has 9 heteroatoms. The van der Waals surface area contributed by atoms with Crippen LogP contribution in [0.15, 0.2) is 23.1 Å². The van der Waals surface area contributed by atoms with Crippen molar-refractivity contribution < 1.29 is 17.9 Å². The molecule has 1 aromatic rings. The largest absolute Gasteiger partial charge is 0.378 e. The van der Waals surface area contributed by atoms with E-state index in [0.717, 1.165) is 25.7 Å². The monoisotopic (exact) mass is 417 g/mol. The zero-order valence-corrected chi connectivity index (χ0v) is 17.2. The maximum atomic E-state index is 13.1. The second-order valence-corrected chi connectivity index (χ2v) is 8.78. The molecule has 1 unspecified atom stereocenters. The molecule has 2 aliphatic rings. The van der Waals surface area contributed by atoms with Crippen LogP contribution in [-0.4, -0.2) is 57.5 Å². The van der Waals surface area contributed by atoms with Gasteiger partial charge >= 0.3 is 0 Å². The number of anilines is 1. The van der Waals surface area contributed by atoms with E-state index < -0.39 is 16.1 Å². The Hall–Kier alpha value is -1.19. The molecule has 1 aromatic carbocycles. The summed E-state index contributed by atoms with van der Waals surface area (Å²) in [4.78, 5) is 12.6. The molecule has 0 radical (unpaired) electrons. The summed E-state index contributed by atoms with van der Waals surface area (Å²) >= 11 is 0. The van der Waals surface area contributed by atoms with Gasteiger partial charge in [0.05, 0.1) is 18.1 Å². The number of benzene rings is 1. The molecule has 1 atom stereocenters. The number of ether oxygens (including phenoxy) is 1. The van der Waals surface area contributed by atoms with Crippen molar-refractivity contribution >= 4 is 34.0 Å². The van der Waals surface area contributed by atoms with Crippen LogP contribution in [0.2, 0.25) is 0 Å². The molecular weight excluding hydrogens is 390 g/mol. The van der Waals surface area contributed by atoms with Gasteiger partial charge < -0.3 is 15.4 Å². The summed E-state index contributed by atoms with van der Waals surface area (Å²) in [7, 11) is -3.56. The minimum Gasteiger partial charge on any atom is -0.378 e. The van der Waals surface area contributed by atoms with Crippen molar-refractivity contribution in [2.24, 2.45) is 0 Å². The lowest BCUT2D eigenvalue weighted by Crippen LogP contribution is -2.48. The van der Waals surface area contributed by atoms with Gasteiger partial charge in [0, 0.05) is 25.3 Å². The number of nitrogens with one attached hydrogen (secondary N) is 2. The molecule has 27 heavy (non-hydrogen) atoms. The van der Waals surface area contributed by atoms with Crippen molar-refractivity contribution in [3.63, 3.8) is 0 Å². The summed E-state index contributed by atoms with van der Waals surface area (Å²) in [6.45, 7) is 4.43. The molecule has 0 aliphatic carbocycles. The highest BCUT2D eigenvalue weighted by Crippen LogP contribution is 2.26. The fraction of sp³-hybridized carbons (Fsp3) is 0.611. The normalized spacial score (nSPS) is 21.7. The quantitative estimate of drug-likeness (QED) is 0.781. The van der Waals surface area contributed by atoms with Gasteiger partial charge in [-0.05, 0) is 37.5 Å². The third kappa shape index (κ3) is 5.42. The Morgan fingerprint density at radius 2 is 1.93 bits per heavy atom. The van der Waals surface area contributed by atoms with Gasteiger partial charge in [-0.3, -0.25) is 4.79 Å². The number of carbonyl (C=O) groups is 1. The number of halogens is 1. The van der Waals surface area contributed by atoms with Crippen molar-refractivity contribution in [3.8, 4) is 0 Å². The lowest BCUT2D eigenvalue weighted by Gasteiger charge is -2.24. The third-order valence-corrected chi connectivity index (χ3v) is 6.92. The van der Waals surface area contributed by atoms with Crippen LogP contribution < -0.4 is 10.6 Å². The molecular formula is C18H28ClN3O4S. The first kappa shape index (κ1) is 22.1. The number of carbonyl (C=O) groups excluding carboxylic acids is 1. The standard InChI is InChI=1S/C18H27N3O4S.ClH/c1-14-6-7-15(20-18(22)16-13-25-11-8-19-16)12-17(14)26(23,24)21-9-4-2-3-5-10-21;/h6-7,12,16,19H,2-5,8-11,13H2,1H3,(H,20,22);1H. The van der Waals surface area contributed by atoms with E-state index in [2.05, 4.69) is 10.6 Å². The van der Waals surface area contributed by atoms with Crippen LogP contribution in [0.25, 0.3) is 0 Å². The van der Waals surface area contributed by atoms with Gasteiger partial charge in [0.2, 0.25) is 15.9 Å². The molecule has 152 valence electrons. The Kier molecular flexibility index (Phi) is 8.05. The van der Waals surface area contributed by atoms with Crippen LogP contribution in [0, 0.1) is 6.92 Å². The number of hydrogen-bond donors (Lipinski definition) is 2. The van der Waals surface area contributed by atoms with Gasteiger partial charge in [-0.15, -0.1) is 12.4 Å². The minimum absolute atomic E-state index is 0. The lowest BCUT2D eigenvalue weighted by molar-refractivity contribution is -0.120. The summed E-state index contributed by atoms with van der Waals surface area (Å²) in [6.07, 6.45) is 3.92. The van der Waals surface area contributed by atoms with E-state index in [1.54, 1.807) is 29.4 Å². The highest BCUT2D eigenvalue weighted by Gasteiger charge is 2.27. The van der Waals surface area contributed by atoms with E-state index in [9.17, 15) is 13.2 Å². The van der Waals surface area contributed by atoms with E-state index in [1.807, 2.05) is 0 Å². The molecule has 2 saturated heterocycles. The highest BCUT2D eigenvalue weighted by atomic mass is 35.5. The van der Waals surface area contributed by atoms with E-state index in [1.165, 1.54) is 0 Å². The van der Waals surface area contributed by atoms with Crippen molar-refractivity contribution in [1.29, 1.82) is 0 Å². The second-order valence-electron chi connectivity index (χ2n) is 6.87. The number of amides is 1. The van der Waals surface area contributed by atoms with Crippen LogP contribution >= 0.6 is 12.4 Å². The summed E-state index contributed by atoms with van der Waals surface area (Å²) in [5, 5.41) is 5.89. The van der Waals surface area contributed by atoms with Crippen LogP contribution in [0.5, 0.6) is 0 Å². The van der Waals surface area contributed by atoms with Gasteiger partial charge in [0.15, 0.2) is 0 Å². The summed E-state index contributed by atoms with van der Waals surface area (Å²) in [5.74, 6) is -0.216. The minimum atomic E-state index is -3.56. The molecule has 2 aliphatic heterocycles. The molecule has 2 N–H and O–H groups in total. The number of sulfonamides is 1. The summed E-state index contributed by atoms with van der Waals surface area (Å²) < 4.78 is 33.0. The molecule has 0 spiro atoms. The smallest absolute Gasteiger partial charge is 0.243 e. The van der Waals surface area contributed by atoms with Gasteiger partial charge in [-0.1, -0.05) is 18.9 Å². The van der Waals surface area contributed by atoms with Crippen LogP contribution in [0.4, 0.5) is 5.69 Å². The molecule has 3 rings (SSSR count). The first-order valence-electron chi connectivity index (χ1n) is 9.21. The van der Waals surface area contributed by atoms with Crippen LogP contribution in [-0.2, 0) is 19.6 Å². The maximum Gasteiger partial charge on any atom is 0.243 e. The average molecular weight is 418 g/mol.